The molecule has 1 fully saturated rings. The van der Waals surface area contributed by atoms with Crippen molar-refractivity contribution in [3.05, 3.63) is 29.3 Å². The first-order chi connectivity index (χ1) is 10.2. The molecule has 1 N–H and O–H groups in total. The second-order valence-electron chi connectivity index (χ2n) is 5.06. The van der Waals surface area contributed by atoms with E-state index in [0.717, 1.165) is 42.0 Å². The molecule has 1 aliphatic rings. The summed E-state index contributed by atoms with van der Waals surface area (Å²) >= 11 is 1.33. The molecular weight excluding hydrogens is 284 g/mol. The van der Waals surface area contributed by atoms with Gasteiger partial charge in [0.25, 0.3) is 5.24 Å². The van der Waals surface area contributed by atoms with Crippen LogP contribution in [0.2, 0.25) is 0 Å². The molecule has 0 spiro atoms. The van der Waals surface area contributed by atoms with Crippen LogP contribution in [0.3, 0.4) is 0 Å². The zero-order chi connectivity index (χ0) is 15.2. The van der Waals surface area contributed by atoms with Gasteiger partial charge in [-0.25, -0.2) is 0 Å². The van der Waals surface area contributed by atoms with Crippen LogP contribution in [0, 0.1) is 0 Å². The molecule has 0 aromatic heterocycles. The van der Waals surface area contributed by atoms with Gasteiger partial charge in [-0.05, 0) is 24.0 Å². The molecule has 4 nitrogen and oxygen atoms in total. The fourth-order valence-corrected chi connectivity index (χ4v) is 3.32. The molecule has 1 aromatic rings. The molecule has 0 saturated carbocycles. The number of amides is 2. The van der Waals surface area contributed by atoms with Crippen molar-refractivity contribution < 1.29 is 9.59 Å². The molecule has 0 radical (unpaired) electrons. The van der Waals surface area contributed by atoms with Crippen LogP contribution in [-0.4, -0.2) is 34.9 Å². The molecule has 114 valence electrons. The predicted octanol–water partition coefficient (Wildman–Crippen LogP) is 3.31. The summed E-state index contributed by atoms with van der Waals surface area (Å²) in [5.41, 5.74) is 3.28. The summed E-state index contributed by atoms with van der Waals surface area (Å²) in [6, 6.07) is 6.14. The van der Waals surface area contributed by atoms with E-state index in [1.807, 2.05) is 6.07 Å². The maximum absolute atomic E-state index is 12.2. The molecule has 1 aromatic carbocycles. The molecule has 0 bridgehead atoms. The number of rotatable bonds is 6. The Morgan fingerprint density at radius 3 is 2.48 bits per heavy atom. The van der Waals surface area contributed by atoms with Gasteiger partial charge in [-0.3, -0.25) is 9.59 Å². The zero-order valence-corrected chi connectivity index (χ0v) is 13.5. The van der Waals surface area contributed by atoms with E-state index in [-0.39, 0.29) is 11.1 Å². The number of hydrogen-bond donors (Lipinski definition) is 1. The Kier molecular flexibility index (Phi) is 5.67. The van der Waals surface area contributed by atoms with Crippen LogP contribution < -0.4 is 5.32 Å². The highest BCUT2D eigenvalue weighted by Crippen LogP contribution is 2.23. The van der Waals surface area contributed by atoms with Crippen molar-refractivity contribution in [1.82, 2.24) is 4.90 Å². The van der Waals surface area contributed by atoms with Crippen LogP contribution in [0.15, 0.2) is 18.2 Å². The molecule has 0 atom stereocenters. The molecule has 1 heterocycles. The largest absolute Gasteiger partial charge is 0.332 e. The van der Waals surface area contributed by atoms with Crippen molar-refractivity contribution in [2.75, 3.05) is 24.2 Å². The summed E-state index contributed by atoms with van der Waals surface area (Å²) in [5, 5.41) is 3.12. The third-order valence-electron chi connectivity index (χ3n) is 3.72. The van der Waals surface area contributed by atoms with Gasteiger partial charge in [-0.1, -0.05) is 43.8 Å². The fraction of sp³-hybridized carbons (Fsp3) is 0.500. The maximum atomic E-state index is 12.2. The highest BCUT2D eigenvalue weighted by atomic mass is 32.2. The van der Waals surface area contributed by atoms with Crippen molar-refractivity contribution in [2.24, 2.45) is 0 Å². The quantitative estimate of drug-likeness (QED) is 0.877. The highest BCUT2D eigenvalue weighted by molar-refractivity contribution is 8.13. The molecule has 0 aliphatic carbocycles. The van der Waals surface area contributed by atoms with E-state index in [2.05, 4.69) is 31.3 Å². The number of carbonyl (C=O) groups is 2. The first-order valence-electron chi connectivity index (χ1n) is 7.48. The van der Waals surface area contributed by atoms with Crippen molar-refractivity contribution in [2.45, 2.75) is 33.1 Å². The predicted molar refractivity (Wildman–Crippen MR) is 87.9 cm³/mol. The molecule has 5 heteroatoms. The van der Waals surface area contributed by atoms with Gasteiger partial charge in [0.05, 0.1) is 0 Å². The average Bonchev–Trinajstić information content (AvgIpc) is 2.90. The van der Waals surface area contributed by atoms with E-state index < -0.39 is 0 Å². The third kappa shape index (κ3) is 4.00. The Labute approximate surface area is 130 Å². The second-order valence-corrected chi connectivity index (χ2v) is 6.10. The standard InChI is InChI=1S/C16H22N2O2S/c1-3-12-6-5-7-13(4-2)15(12)17-14(19)8-9-18-10-11-21-16(18)20/h5-7H,3-4,8-11H2,1-2H3,(H,17,19). The SMILES string of the molecule is CCc1cccc(CC)c1NC(=O)CCN1CCSC1=O. The lowest BCUT2D eigenvalue weighted by molar-refractivity contribution is -0.116. The molecule has 2 rings (SSSR count). The lowest BCUT2D eigenvalue weighted by atomic mass is 10.0. The summed E-state index contributed by atoms with van der Waals surface area (Å²) in [6.45, 7) is 5.44. The first-order valence-corrected chi connectivity index (χ1v) is 8.46. The van der Waals surface area contributed by atoms with Crippen LogP contribution in [-0.2, 0) is 17.6 Å². The molecule has 1 aliphatic heterocycles. The van der Waals surface area contributed by atoms with Gasteiger partial charge in [-0.2, -0.15) is 0 Å². The number of para-hydroxylation sites is 1. The number of nitrogens with zero attached hydrogens (tertiary/aromatic N) is 1. The number of anilines is 1. The summed E-state index contributed by atoms with van der Waals surface area (Å²) in [5.74, 6) is 0.814. The van der Waals surface area contributed by atoms with Gasteiger partial charge < -0.3 is 10.2 Å². The van der Waals surface area contributed by atoms with Crippen LogP contribution in [0.25, 0.3) is 0 Å². The number of carbonyl (C=O) groups excluding carboxylic acids is 2. The van der Waals surface area contributed by atoms with Gasteiger partial charge in [-0.15, -0.1) is 0 Å². The van der Waals surface area contributed by atoms with Gasteiger partial charge >= 0.3 is 0 Å². The van der Waals surface area contributed by atoms with Crippen molar-refractivity contribution >= 4 is 28.6 Å². The summed E-state index contributed by atoms with van der Waals surface area (Å²) in [6.07, 6.45) is 2.14. The Morgan fingerprint density at radius 1 is 1.29 bits per heavy atom. The van der Waals surface area contributed by atoms with Crippen LogP contribution in [0.5, 0.6) is 0 Å². The molecule has 2 amide bonds. The summed E-state index contributed by atoms with van der Waals surface area (Å²) < 4.78 is 0. The lowest BCUT2D eigenvalue weighted by Crippen LogP contribution is -2.28. The number of thioether (sulfide) groups is 1. The minimum atomic E-state index is -0.0182. The van der Waals surface area contributed by atoms with Crippen LogP contribution in [0.1, 0.15) is 31.4 Å². The van der Waals surface area contributed by atoms with E-state index in [0.29, 0.717) is 13.0 Å². The first kappa shape index (κ1) is 15.9. The van der Waals surface area contributed by atoms with E-state index in [1.54, 1.807) is 4.90 Å². The molecule has 1 saturated heterocycles. The monoisotopic (exact) mass is 306 g/mol. The van der Waals surface area contributed by atoms with Crippen LogP contribution >= 0.6 is 11.8 Å². The van der Waals surface area contributed by atoms with E-state index >= 15 is 0 Å². The number of aryl methyl sites for hydroxylation is 2. The van der Waals surface area contributed by atoms with E-state index in [4.69, 9.17) is 0 Å². The summed E-state index contributed by atoms with van der Waals surface area (Å²) in [7, 11) is 0. The zero-order valence-electron chi connectivity index (χ0n) is 12.6. The molecule has 21 heavy (non-hydrogen) atoms. The fourth-order valence-electron chi connectivity index (χ4n) is 2.47. The van der Waals surface area contributed by atoms with E-state index in [1.165, 1.54) is 11.8 Å². The number of nitrogens with one attached hydrogen (secondary N) is 1. The number of benzene rings is 1. The third-order valence-corrected chi connectivity index (χ3v) is 4.61. The smallest absolute Gasteiger partial charge is 0.281 e. The Morgan fingerprint density at radius 2 is 1.95 bits per heavy atom. The Hall–Kier alpha value is -1.49. The average molecular weight is 306 g/mol. The topological polar surface area (TPSA) is 49.4 Å². The Balaban J connectivity index is 1.97. The van der Waals surface area contributed by atoms with Crippen LogP contribution in [0.4, 0.5) is 10.5 Å². The molecular formula is C16H22N2O2S. The van der Waals surface area contributed by atoms with Gasteiger partial charge in [0.2, 0.25) is 5.91 Å². The maximum Gasteiger partial charge on any atom is 0.281 e. The van der Waals surface area contributed by atoms with Gasteiger partial charge in [0.15, 0.2) is 0 Å². The van der Waals surface area contributed by atoms with Crippen molar-refractivity contribution in [3.8, 4) is 0 Å². The Bertz CT molecular complexity index is 509. The lowest BCUT2D eigenvalue weighted by Gasteiger charge is -2.16. The van der Waals surface area contributed by atoms with E-state index in [9.17, 15) is 9.59 Å². The summed E-state index contributed by atoms with van der Waals surface area (Å²) in [4.78, 5) is 25.4. The highest BCUT2D eigenvalue weighted by Gasteiger charge is 2.21. The van der Waals surface area contributed by atoms with Crippen molar-refractivity contribution in [3.63, 3.8) is 0 Å². The van der Waals surface area contributed by atoms with Gasteiger partial charge in [0, 0.05) is 31.0 Å². The van der Waals surface area contributed by atoms with Gasteiger partial charge in [0.1, 0.15) is 0 Å². The molecule has 0 unspecified atom stereocenters. The normalized spacial score (nSPS) is 14.6. The minimum absolute atomic E-state index is 0.0182. The minimum Gasteiger partial charge on any atom is -0.332 e. The second kappa shape index (κ2) is 7.50. The number of hydrogen-bond acceptors (Lipinski definition) is 3. The van der Waals surface area contributed by atoms with Crippen molar-refractivity contribution in [1.29, 1.82) is 0 Å².